The van der Waals surface area contributed by atoms with Crippen molar-refractivity contribution in [1.82, 2.24) is 10.2 Å². The fourth-order valence-corrected chi connectivity index (χ4v) is 13.3. The molecule has 0 aliphatic heterocycles. The van der Waals surface area contributed by atoms with Crippen LogP contribution < -0.4 is 5.32 Å². The molecule has 1 aromatic carbocycles. The molecule has 4 fully saturated rings. The molecule has 5 aliphatic carbocycles. The van der Waals surface area contributed by atoms with Crippen molar-refractivity contribution < 1.29 is 14.3 Å². The Morgan fingerprint density at radius 3 is 2.24 bits per heavy atom. The second kappa shape index (κ2) is 12.5. The van der Waals surface area contributed by atoms with E-state index in [1.807, 2.05) is 20.8 Å². The number of likely N-dealkylation sites (N-methyl/N-ethyl adjacent to an activating group) is 1. The Morgan fingerprint density at radius 2 is 1.60 bits per heavy atom. The molecule has 4 saturated carbocycles. The molecule has 5 nitrogen and oxygen atoms in total. The Morgan fingerprint density at radius 1 is 0.920 bits per heavy atom. The van der Waals surface area contributed by atoms with Crippen molar-refractivity contribution >= 4 is 17.6 Å². The second-order valence-electron chi connectivity index (χ2n) is 19.9. The van der Waals surface area contributed by atoms with Gasteiger partial charge in [-0.3, -0.25) is 4.79 Å². The lowest BCUT2D eigenvalue weighted by Gasteiger charge is -2.72. The van der Waals surface area contributed by atoms with Gasteiger partial charge in [-0.1, -0.05) is 82.7 Å². The average molecular weight is 685 g/mol. The van der Waals surface area contributed by atoms with Gasteiger partial charge in [-0.15, -0.1) is 0 Å². The fourth-order valence-electron chi connectivity index (χ4n) is 13.3. The minimum atomic E-state index is -0.544. The topological polar surface area (TPSA) is 58.6 Å². The monoisotopic (exact) mass is 685 g/mol. The van der Waals surface area contributed by atoms with Gasteiger partial charge in [0.15, 0.2) is 0 Å². The average Bonchev–Trinajstić information content (AvgIpc) is 3.42. The van der Waals surface area contributed by atoms with Crippen molar-refractivity contribution in [2.24, 2.45) is 56.7 Å². The van der Waals surface area contributed by atoms with E-state index >= 15 is 0 Å². The molecule has 0 spiro atoms. The fraction of sp³-hybridized carbons (Fsp3) is 0.733. The number of nitrogens with one attached hydrogen (secondary N) is 1. The van der Waals surface area contributed by atoms with Crippen LogP contribution in [0.2, 0.25) is 0 Å². The van der Waals surface area contributed by atoms with Crippen LogP contribution in [-0.2, 0) is 9.53 Å². The number of allylic oxidation sites excluding steroid dienone is 3. The Kier molecular flexibility index (Phi) is 9.33. The summed E-state index contributed by atoms with van der Waals surface area (Å²) in [6.07, 6.45) is 12.5. The number of fused-ring (bicyclic) bond motifs is 7. The summed E-state index contributed by atoms with van der Waals surface area (Å²) >= 11 is 0. The third-order valence-corrected chi connectivity index (χ3v) is 15.9. The largest absolute Gasteiger partial charge is 0.444 e. The predicted molar refractivity (Wildman–Crippen MR) is 205 cm³/mol. The predicted octanol–water partition coefficient (Wildman–Crippen LogP) is 10.6. The molecule has 6 rings (SSSR count). The number of benzene rings is 1. The number of nitrogens with zero attached hydrogens (tertiary/aromatic N) is 1. The molecule has 0 radical (unpaired) electrons. The van der Waals surface area contributed by atoms with Gasteiger partial charge in [0, 0.05) is 20.1 Å². The number of amides is 2. The zero-order valence-electron chi connectivity index (χ0n) is 33.4. The van der Waals surface area contributed by atoms with Crippen molar-refractivity contribution in [3.05, 3.63) is 53.6 Å². The number of carbonyl (C=O) groups is 2. The van der Waals surface area contributed by atoms with Crippen LogP contribution in [0.4, 0.5) is 4.79 Å². The molecule has 1 N–H and O–H groups in total. The highest BCUT2D eigenvalue weighted by atomic mass is 16.6. The zero-order chi connectivity index (χ0) is 36.7. The maximum atomic E-state index is 14.5. The number of hydrogen-bond acceptors (Lipinski definition) is 3. The summed E-state index contributed by atoms with van der Waals surface area (Å²) in [6.45, 7) is 28.5. The minimum absolute atomic E-state index is 0.120. The Bertz CT molecular complexity index is 1530. The van der Waals surface area contributed by atoms with E-state index in [1.165, 1.54) is 42.4 Å². The number of aryl methyl sites for hydroxylation is 1. The van der Waals surface area contributed by atoms with Gasteiger partial charge in [0.25, 0.3) is 0 Å². The van der Waals surface area contributed by atoms with E-state index < -0.39 is 5.60 Å². The highest BCUT2D eigenvalue weighted by molar-refractivity contribution is 5.84. The molecule has 0 heterocycles. The summed E-state index contributed by atoms with van der Waals surface area (Å²) in [4.78, 5) is 28.7. The van der Waals surface area contributed by atoms with Crippen molar-refractivity contribution in [2.45, 2.75) is 133 Å². The van der Waals surface area contributed by atoms with Crippen LogP contribution in [0.3, 0.4) is 0 Å². The summed E-state index contributed by atoms with van der Waals surface area (Å²) < 4.78 is 5.55. The van der Waals surface area contributed by atoms with Crippen LogP contribution in [0.15, 0.2) is 42.5 Å². The summed E-state index contributed by atoms with van der Waals surface area (Å²) in [5.74, 6) is 2.73. The van der Waals surface area contributed by atoms with Gasteiger partial charge in [0.1, 0.15) is 5.60 Å². The number of carbonyl (C=O) groups excluding carboxylic acids is 2. The first-order valence-corrected chi connectivity index (χ1v) is 19.9. The Balaban J connectivity index is 1.26. The first-order valence-electron chi connectivity index (χ1n) is 19.9. The lowest BCUT2D eigenvalue weighted by molar-refractivity contribution is -0.225. The maximum absolute atomic E-state index is 14.5. The SMILES string of the molecule is C=C(C)[C@@H]1CC[C@]2(C(=O)NCCN(C)C(=O)OC(C)(C)C)CC[C@]3(C)[C@H](CC[C@@H]4[C@@]5(C)CC=C(c6ccc(C)cc6)C(C)(C)[C@@H]5CC[C@]43C)[C@@H]12. The smallest absolute Gasteiger partial charge is 0.410 e. The van der Waals surface area contributed by atoms with Gasteiger partial charge < -0.3 is 15.0 Å². The number of rotatable bonds is 6. The molecule has 50 heavy (non-hydrogen) atoms. The third kappa shape index (κ3) is 5.70. The molecular weight excluding hydrogens is 617 g/mol. The van der Waals surface area contributed by atoms with Crippen LogP contribution >= 0.6 is 0 Å². The van der Waals surface area contributed by atoms with E-state index in [2.05, 4.69) is 90.7 Å². The van der Waals surface area contributed by atoms with E-state index in [9.17, 15) is 9.59 Å². The highest BCUT2D eigenvalue weighted by Crippen LogP contribution is 2.77. The van der Waals surface area contributed by atoms with Crippen molar-refractivity contribution in [3.63, 3.8) is 0 Å². The molecule has 2 amide bonds. The molecular formula is C45H68N2O3. The van der Waals surface area contributed by atoms with Crippen molar-refractivity contribution in [3.8, 4) is 0 Å². The highest BCUT2D eigenvalue weighted by Gasteiger charge is 2.71. The van der Waals surface area contributed by atoms with Crippen LogP contribution in [0.5, 0.6) is 0 Å². The number of ether oxygens (including phenoxy) is 1. The van der Waals surface area contributed by atoms with Gasteiger partial charge >= 0.3 is 6.09 Å². The lowest BCUT2D eigenvalue weighted by atomic mass is 9.32. The molecule has 5 heteroatoms. The lowest BCUT2D eigenvalue weighted by Crippen LogP contribution is -2.66. The quantitative estimate of drug-likeness (QED) is 0.304. The summed E-state index contributed by atoms with van der Waals surface area (Å²) in [7, 11) is 1.75. The first-order chi connectivity index (χ1) is 23.2. The third-order valence-electron chi connectivity index (χ3n) is 15.9. The zero-order valence-corrected chi connectivity index (χ0v) is 33.4. The molecule has 0 bridgehead atoms. The summed E-state index contributed by atoms with van der Waals surface area (Å²) in [5, 5.41) is 3.34. The molecule has 0 saturated heterocycles. The molecule has 9 atom stereocenters. The van der Waals surface area contributed by atoms with E-state index in [-0.39, 0.29) is 39.1 Å². The van der Waals surface area contributed by atoms with Gasteiger partial charge in [0.2, 0.25) is 5.91 Å². The van der Waals surface area contributed by atoms with E-state index in [0.717, 1.165) is 32.1 Å². The normalized spacial score (nSPS) is 38.8. The molecule has 276 valence electrons. The summed E-state index contributed by atoms with van der Waals surface area (Å²) in [6, 6.07) is 9.22. The van der Waals surface area contributed by atoms with Crippen molar-refractivity contribution in [2.75, 3.05) is 20.1 Å². The van der Waals surface area contributed by atoms with Crippen LogP contribution in [0.1, 0.15) is 131 Å². The van der Waals surface area contributed by atoms with Crippen LogP contribution in [0, 0.1) is 63.6 Å². The Hall–Kier alpha value is -2.56. The second-order valence-corrected chi connectivity index (χ2v) is 19.9. The molecule has 0 unspecified atom stereocenters. The molecule has 0 aromatic heterocycles. The van der Waals surface area contributed by atoms with E-state index in [0.29, 0.717) is 42.7 Å². The van der Waals surface area contributed by atoms with Gasteiger partial charge in [-0.2, -0.15) is 0 Å². The van der Waals surface area contributed by atoms with Gasteiger partial charge in [0.05, 0.1) is 5.41 Å². The summed E-state index contributed by atoms with van der Waals surface area (Å²) in [5.41, 5.74) is 5.40. The molecule has 1 aromatic rings. The molecule has 5 aliphatic rings. The van der Waals surface area contributed by atoms with Gasteiger partial charge in [-0.05, 0) is 155 Å². The minimum Gasteiger partial charge on any atom is -0.444 e. The van der Waals surface area contributed by atoms with Crippen molar-refractivity contribution in [1.29, 1.82) is 0 Å². The number of hydrogen-bond donors (Lipinski definition) is 1. The van der Waals surface area contributed by atoms with E-state index in [1.54, 1.807) is 17.5 Å². The van der Waals surface area contributed by atoms with Gasteiger partial charge in [-0.25, -0.2) is 4.79 Å². The van der Waals surface area contributed by atoms with E-state index in [4.69, 9.17) is 4.74 Å². The Labute approximate surface area is 304 Å². The maximum Gasteiger partial charge on any atom is 0.410 e. The van der Waals surface area contributed by atoms with Crippen LogP contribution in [-0.4, -0.2) is 42.6 Å². The first kappa shape index (κ1) is 37.2. The van der Waals surface area contributed by atoms with Crippen LogP contribution in [0.25, 0.3) is 5.57 Å². The standard InChI is InChI=1S/C45H68N2O3/c1-29(2)32-19-24-45(38(48)46-27-28-47(12)39(49)50-40(4,5)6)26-25-43(10)34(37(32)45)17-18-36-42(9)22-20-33(31-15-13-30(3)14-16-31)41(7,8)35(42)21-23-44(36,43)11/h13-16,20,32,34-37H,1,17-19,21-28H2,2-12H3,(H,46,48)/t32-,34+,35-,36+,37+,42-,43+,44+,45-/m0/s1.